The van der Waals surface area contributed by atoms with Crippen LogP contribution >= 0.6 is 0 Å². The number of rotatable bonds is 4. The minimum Gasteiger partial charge on any atom is -0.368 e. The SMILES string of the molecule is Cc1cccc(CN(C)c2ccc(C=O)cc2C#N)n1. The van der Waals surface area contributed by atoms with E-state index < -0.39 is 0 Å². The number of benzene rings is 1. The Kier molecular flexibility index (Phi) is 4.11. The highest BCUT2D eigenvalue weighted by molar-refractivity contribution is 5.78. The first-order valence-electron chi connectivity index (χ1n) is 6.27. The zero-order valence-electron chi connectivity index (χ0n) is 11.5. The van der Waals surface area contributed by atoms with Crippen molar-refractivity contribution in [1.82, 2.24) is 4.98 Å². The van der Waals surface area contributed by atoms with Gasteiger partial charge in [-0.1, -0.05) is 6.07 Å². The van der Waals surface area contributed by atoms with Gasteiger partial charge in [-0.05, 0) is 37.3 Å². The fraction of sp³-hybridized carbons (Fsp3) is 0.188. The van der Waals surface area contributed by atoms with E-state index in [0.29, 0.717) is 17.7 Å². The van der Waals surface area contributed by atoms with Crippen molar-refractivity contribution in [3.8, 4) is 6.07 Å². The Morgan fingerprint density at radius 3 is 2.80 bits per heavy atom. The smallest absolute Gasteiger partial charge is 0.150 e. The standard InChI is InChI=1S/C16H15N3O/c1-12-4-3-5-15(18-12)10-19(2)16-7-6-13(11-20)8-14(16)9-17/h3-8,11H,10H2,1-2H3. The van der Waals surface area contributed by atoms with Crippen molar-refractivity contribution in [1.29, 1.82) is 5.26 Å². The van der Waals surface area contributed by atoms with Gasteiger partial charge in [-0.25, -0.2) is 0 Å². The molecule has 0 aliphatic carbocycles. The summed E-state index contributed by atoms with van der Waals surface area (Å²) in [7, 11) is 1.90. The molecule has 20 heavy (non-hydrogen) atoms. The van der Waals surface area contributed by atoms with Crippen LogP contribution in [0.5, 0.6) is 0 Å². The first kappa shape index (κ1) is 13.8. The van der Waals surface area contributed by atoms with Gasteiger partial charge in [0.1, 0.15) is 12.4 Å². The van der Waals surface area contributed by atoms with E-state index in [1.807, 2.05) is 37.1 Å². The quantitative estimate of drug-likeness (QED) is 0.797. The Morgan fingerprint density at radius 2 is 2.15 bits per heavy atom. The van der Waals surface area contributed by atoms with Gasteiger partial charge in [0.15, 0.2) is 0 Å². The molecule has 4 heteroatoms. The normalized spacial score (nSPS) is 9.85. The van der Waals surface area contributed by atoms with Crippen LogP contribution in [0.4, 0.5) is 5.69 Å². The molecular weight excluding hydrogens is 250 g/mol. The molecule has 100 valence electrons. The summed E-state index contributed by atoms with van der Waals surface area (Å²) in [4.78, 5) is 17.2. The molecule has 0 fully saturated rings. The third kappa shape index (κ3) is 3.01. The van der Waals surface area contributed by atoms with Crippen molar-refractivity contribution >= 4 is 12.0 Å². The molecule has 1 aromatic carbocycles. The van der Waals surface area contributed by atoms with Crippen LogP contribution in [0.3, 0.4) is 0 Å². The van der Waals surface area contributed by atoms with Crippen molar-refractivity contribution in [3.05, 3.63) is 58.9 Å². The van der Waals surface area contributed by atoms with Gasteiger partial charge in [0.25, 0.3) is 0 Å². The molecule has 0 unspecified atom stereocenters. The average molecular weight is 265 g/mol. The molecule has 1 aromatic heterocycles. The summed E-state index contributed by atoms with van der Waals surface area (Å²) in [5.74, 6) is 0. The van der Waals surface area contributed by atoms with Gasteiger partial charge in [-0.3, -0.25) is 9.78 Å². The lowest BCUT2D eigenvalue weighted by Crippen LogP contribution is -2.18. The van der Waals surface area contributed by atoms with Crippen LogP contribution < -0.4 is 4.90 Å². The number of aryl methyl sites for hydroxylation is 1. The van der Waals surface area contributed by atoms with Crippen molar-refractivity contribution in [2.75, 3.05) is 11.9 Å². The minimum absolute atomic E-state index is 0.491. The number of hydrogen-bond donors (Lipinski definition) is 0. The molecule has 2 aromatic rings. The molecule has 4 nitrogen and oxygen atoms in total. The summed E-state index contributed by atoms with van der Waals surface area (Å²) in [5, 5.41) is 9.19. The van der Waals surface area contributed by atoms with E-state index >= 15 is 0 Å². The van der Waals surface area contributed by atoms with Crippen LogP contribution in [0.1, 0.15) is 27.3 Å². The fourth-order valence-corrected chi connectivity index (χ4v) is 2.07. The first-order chi connectivity index (χ1) is 9.63. The van der Waals surface area contributed by atoms with E-state index in [4.69, 9.17) is 0 Å². The molecule has 0 atom stereocenters. The Labute approximate surface area is 118 Å². The number of nitriles is 1. The highest BCUT2D eigenvalue weighted by Crippen LogP contribution is 2.21. The molecular formula is C16H15N3O. The van der Waals surface area contributed by atoms with E-state index in [1.165, 1.54) is 0 Å². The molecule has 0 saturated carbocycles. The van der Waals surface area contributed by atoms with E-state index in [0.717, 1.165) is 23.4 Å². The van der Waals surface area contributed by atoms with Crippen LogP contribution in [-0.2, 0) is 6.54 Å². The number of pyridine rings is 1. The maximum Gasteiger partial charge on any atom is 0.150 e. The first-order valence-corrected chi connectivity index (χ1v) is 6.27. The highest BCUT2D eigenvalue weighted by atomic mass is 16.1. The second-order valence-corrected chi connectivity index (χ2v) is 4.63. The Morgan fingerprint density at radius 1 is 1.35 bits per heavy atom. The number of carbonyl (C=O) groups excluding carboxylic acids is 1. The summed E-state index contributed by atoms with van der Waals surface area (Å²) in [6, 6.07) is 13.1. The van der Waals surface area contributed by atoms with Crippen molar-refractivity contribution in [3.63, 3.8) is 0 Å². The van der Waals surface area contributed by atoms with Gasteiger partial charge in [0, 0.05) is 18.3 Å². The third-order valence-corrected chi connectivity index (χ3v) is 3.03. The Bertz CT molecular complexity index is 674. The largest absolute Gasteiger partial charge is 0.368 e. The highest BCUT2D eigenvalue weighted by Gasteiger charge is 2.09. The molecule has 0 amide bonds. The monoisotopic (exact) mass is 265 g/mol. The minimum atomic E-state index is 0.491. The van der Waals surface area contributed by atoms with Crippen LogP contribution in [0.25, 0.3) is 0 Å². The topological polar surface area (TPSA) is 57.0 Å². The number of nitrogens with zero attached hydrogens (tertiary/aromatic N) is 3. The van der Waals surface area contributed by atoms with Crippen LogP contribution in [0.15, 0.2) is 36.4 Å². The summed E-state index contributed by atoms with van der Waals surface area (Å²) < 4.78 is 0. The van der Waals surface area contributed by atoms with E-state index in [9.17, 15) is 10.1 Å². The summed E-state index contributed by atoms with van der Waals surface area (Å²) in [5.41, 5.74) is 3.70. The predicted molar refractivity (Wildman–Crippen MR) is 77.6 cm³/mol. The molecule has 0 N–H and O–H groups in total. The molecule has 2 rings (SSSR count). The predicted octanol–water partition coefficient (Wildman–Crippen LogP) is 2.71. The number of carbonyl (C=O) groups is 1. The zero-order valence-corrected chi connectivity index (χ0v) is 11.5. The molecule has 0 bridgehead atoms. The van der Waals surface area contributed by atoms with Crippen LogP contribution in [-0.4, -0.2) is 18.3 Å². The summed E-state index contributed by atoms with van der Waals surface area (Å²) in [6.07, 6.45) is 0.743. The fourth-order valence-electron chi connectivity index (χ4n) is 2.07. The maximum atomic E-state index is 10.8. The van der Waals surface area contributed by atoms with Gasteiger partial charge in [0.05, 0.1) is 23.5 Å². The van der Waals surface area contributed by atoms with Gasteiger partial charge in [-0.2, -0.15) is 5.26 Å². The molecule has 0 aliphatic rings. The molecule has 0 aliphatic heterocycles. The maximum absolute atomic E-state index is 10.8. The Hall–Kier alpha value is -2.67. The van der Waals surface area contributed by atoms with E-state index in [2.05, 4.69) is 11.1 Å². The third-order valence-electron chi connectivity index (χ3n) is 3.03. The molecule has 1 heterocycles. The van der Waals surface area contributed by atoms with Crippen LogP contribution in [0, 0.1) is 18.3 Å². The second-order valence-electron chi connectivity index (χ2n) is 4.63. The average Bonchev–Trinajstić information content (AvgIpc) is 2.46. The van der Waals surface area contributed by atoms with Gasteiger partial charge in [0.2, 0.25) is 0 Å². The molecule has 0 spiro atoms. The zero-order chi connectivity index (χ0) is 14.5. The van der Waals surface area contributed by atoms with E-state index in [-0.39, 0.29) is 0 Å². The van der Waals surface area contributed by atoms with Crippen molar-refractivity contribution < 1.29 is 4.79 Å². The molecule has 0 saturated heterocycles. The Balaban J connectivity index is 2.27. The lowest BCUT2D eigenvalue weighted by atomic mass is 10.1. The van der Waals surface area contributed by atoms with Crippen molar-refractivity contribution in [2.24, 2.45) is 0 Å². The number of hydrogen-bond acceptors (Lipinski definition) is 4. The lowest BCUT2D eigenvalue weighted by Gasteiger charge is -2.20. The van der Waals surface area contributed by atoms with Crippen molar-refractivity contribution in [2.45, 2.75) is 13.5 Å². The van der Waals surface area contributed by atoms with E-state index in [1.54, 1.807) is 18.2 Å². The second kappa shape index (κ2) is 5.98. The number of anilines is 1. The van der Waals surface area contributed by atoms with Gasteiger partial charge < -0.3 is 4.90 Å². The number of aldehydes is 1. The van der Waals surface area contributed by atoms with Gasteiger partial charge in [-0.15, -0.1) is 0 Å². The molecule has 0 radical (unpaired) electrons. The number of aromatic nitrogens is 1. The summed E-state index contributed by atoms with van der Waals surface area (Å²) >= 11 is 0. The van der Waals surface area contributed by atoms with Gasteiger partial charge >= 0.3 is 0 Å². The van der Waals surface area contributed by atoms with Crippen LogP contribution in [0.2, 0.25) is 0 Å². The lowest BCUT2D eigenvalue weighted by molar-refractivity contribution is 0.112. The summed E-state index contributed by atoms with van der Waals surface area (Å²) in [6.45, 7) is 2.56.